The van der Waals surface area contributed by atoms with Gasteiger partial charge in [0, 0.05) is 19.1 Å². The van der Waals surface area contributed by atoms with Crippen LogP contribution in [0.25, 0.3) is 0 Å². The fraction of sp³-hybridized carbons (Fsp3) is 0.364. The summed E-state index contributed by atoms with van der Waals surface area (Å²) in [6.45, 7) is 1.51. The van der Waals surface area contributed by atoms with Gasteiger partial charge in [0.25, 0.3) is 0 Å². The molecule has 0 spiro atoms. The third-order valence-electron chi connectivity index (χ3n) is 2.22. The molecule has 0 aromatic heterocycles. The largest absolute Gasteiger partial charge is 0.478 e. The monoisotopic (exact) mass is 210 g/mol. The SMILES string of the molecule is COC1(O)C=CC=C(/C=C(\C)C(=O)O)C1. The van der Waals surface area contributed by atoms with Crippen molar-refractivity contribution in [2.75, 3.05) is 7.11 Å². The first kappa shape index (κ1) is 11.7. The molecule has 0 aromatic rings. The maximum atomic E-state index is 10.6. The number of methoxy groups -OCH3 is 1. The van der Waals surface area contributed by atoms with Gasteiger partial charge in [-0.05, 0) is 24.6 Å². The molecule has 0 heterocycles. The Morgan fingerprint density at radius 2 is 2.33 bits per heavy atom. The first-order valence-corrected chi connectivity index (χ1v) is 4.54. The molecule has 1 rings (SSSR count). The summed E-state index contributed by atoms with van der Waals surface area (Å²) in [6.07, 6.45) is 6.70. The molecular weight excluding hydrogens is 196 g/mol. The summed E-state index contributed by atoms with van der Waals surface area (Å²) in [7, 11) is 1.40. The summed E-state index contributed by atoms with van der Waals surface area (Å²) in [5, 5.41) is 18.5. The van der Waals surface area contributed by atoms with E-state index in [0.717, 1.165) is 5.57 Å². The number of carboxylic acids is 1. The molecule has 0 aromatic carbocycles. The van der Waals surface area contributed by atoms with Crippen LogP contribution in [0.1, 0.15) is 13.3 Å². The molecule has 0 saturated heterocycles. The first-order chi connectivity index (χ1) is 6.97. The quantitative estimate of drug-likeness (QED) is 0.543. The highest BCUT2D eigenvalue weighted by atomic mass is 16.6. The first-order valence-electron chi connectivity index (χ1n) is 4.54. The molecule has 4 nitrogen and oxygen atoms in total. The molecule has 0 saturated carbocycles. The number of aliphatic hydroxyl groups is 1. The third kappa shape index (κ3) is 3.04. The molecule has 2 N–H and O–H groups in total. The van der Waals surface area contributed by atoms with E-state index in [4.69, 9.17) is 9.84 Å². The molecule has 1 atom stereocenters. The number of rotatable bonds is 3. The topological polar surface area (TPSA) is 66.8 Å². The van der Waals surface area contributed by atoms with Crippen molar-refractivity contribution in [1.82, 2.24) is 0 Å². The summed E-state index contributed by atoms with van der Waals surface area (Å²) in [5.41, 5.74) is 0.955. The number of carbonyl (C=O) groups is 1. The van der Waals surface area contributed by atoms with Crippen molar-refractivity contribution in [1.29, 1.82) is 0 Å². The van der Waals surface area contributed by atoms with E-state index in [1.54, 1.807) is 12.2 Å². The van der Waals surface area contributed by atoms with E-state index >= 15 is 0 Å². The minimum Gasteiger partial charge on any atom is -0.478 e. The molecule has 0 fully saturated rings. The number of allylic oxidation sites excluding steroid dienone is 3. The van der Waals surface area contributed by atoms with Gasteiger partial charge in [-0.3, -0.25) is 0 Å². The van der Waals surface area contributed by atoms with E-state index in [1.165, 1.54) is 26.2 Å². The summed E-state index contributed by atoms with van der Waals surface area (Å²) < 4.78 is 4.90. The van der Waals surface area contributed by atoms with Crippen LogP contribution in [0.4, 0.5) is 0 Å². The minimum atomic E-state index is -1.32. The average Bonchev–Trinajstić information content (AvgIpc) is 2.18. The standard InChI is InChI=1S/C11H14O4/c1-8(10(12)13)6-9-4-3-5-11(14,7-9)15-2/h3-6,14H,7H2,1-2H3,(H,12,13)/b8-6+. The zero-order valence-corrected chi connectivity index (χ0v) is 8.73. The van der Waals surface area contributed by atoms with Crippen molar-refractivity contribution in [3.05, 3.63) is 35.5 Å². The van der Waals surface area contributed by atoms with E-state index in [0.29, 0.717) is 0 Å². The lowest BCUT2D eigenvalue weighted by Gasteiger charge is -2.25. The van der Waals surface area contributed by atoms with Gasteiger partial charge in [0.2, 0.25) is 0 Å². The van der Waals surface area contributed by atoms with Gasteiger partial charge in [-0.25, -0.2) is 4.79 Å². The smallest absolute Gasteiger partial charge is 0.331 e. The second kappa shape index (κ2) is 4.42. The van der Waals surface area contributed by atoms with Crippen LogP contribution >= 0.6 is 0 Å². The van der Waals surface area contributed by atoms with Crippen molar-refractivity contribution in [2.45, 2.75) is 19.1 Å². The highest BCUT2D eigenvalue weighted by Gasteiger charge is 2.25. The summed E-state index contributed by atoms with van der Waals surface area (Å²) in [5.74, 6) is -2.29. The van der Waals surface area contributed by atoms with E-state index in [1.807, 2.05) is 0 Å². The van der Waals surface area contributed by atoms with Crippen LogP contribution in [-0.2, 0) is 9.53 Å². The number of carboxylic acid groups (broad SMARTS) is 1. The van der Waals surface area contributed by atoms with E-state index < -0.39 is 11.8 Å². The lowest BCUT2D eigenvalue weighted by molar-refractivity contribution is -0.144. The van der Waals surface area contributed by atoms with Crippen molar-refractivity contribution in [2.24, 2.45) is 0 Å². The summed E-state index contributed by atoms with van der Waals surface area (Å²) in [4.78, 5) is 10.6. The second-order valence-corrected chi connectivity index (χ2v) is 3.46. The predicted molar refractivity (Wildman–Crippen MR) is 55.2 cm³/mol. The molecule has 0 aliphatic heterocycles. The van der Waals surface area contributed by atoms with Gasteiger partial charge in [0.05, 0.1) is 0 Å². The lowest BCUT2D eigenvalue weighted by Crippen LogP contribution is -2.29. The Bertz CT molecular complexity index is 352. The predicted octanol–water partition coefficient (Wildman–Crippen LogP) is 1.24. The molecule has 1 aliphatic carbocycles. The molecular formula is C11H14O4. The van der Waals surface area contributed by atoms with E-state index in [-0.39, 0.29) is 12.0 Å². The van der Waals surface area contributed by atoms with Gasteiger partial charge in [-0.15, -0.1) is 0 Å². The Labute approximate surface area is 88.2 Å². The number of hydrogen-bond donors (Lipinski definition) is 2. The Morgan fingerprint density at radius 3 is 2.87 bits per heavy atom. The molecule has 0 bridgehead atoms. The van der Waals surface area contributed by atoms with Crippen molar-refractivity contribution >= 4 is 5.97 Å². The zero-order valence-electron chi connectivity index (χ0n) is 8.73. The van der Waals surface area contributed by atoms with Crippen LogP contribution in [0.5, 0.6) is 0 Å². The fourth-order valence-electron chi connectivity index (χ4n) is 1.31. The van der Waals surface area contributed by atoms with Crippen molar-refractivity contribution in [3.63, 3.8) is 0 Å². The van der Waals surface area contributed by atoms with Crippen LogP contribution in [0, 0.1) is 0 Å². The molecule has 0 amide bonds. The highest BCUT2D eigenvalue weighted by Crippen LogP contribution is 2.25. The van der Waals surface area contributed by atoms with Gasteiger partial charge < -0.3 is 14.9 Å². The minimum absolute atomic E-state index is 0.231. The highest BCUT2D eigenvalue weighted by molar-refractivity contribution is 5.86. The van der Waals surface area contributed by atoms with Crippen molar-refractivity contribution in [3.8, 4) is 0 Å². The van der Waals surface area contributed by atoms with Crippen LogP contribution in [0.3, 0.4) is 0 Å². The van der Waals surface area contributed by atoms with E-state index in [2.05, 4.69) is 0 Å². The second-order valence-electron chi connectivity index (χ2n) is 3.46. The molecule has 82 valence electrons. The van der Waals surface area contributed by atoms with Crippen LogP contribution in [0.2, 0.25) is 0 Å². The molecule has 4 heteroatoms. The maximum absolute atomic E-state index is 10.6. The fourth-order valence-corrected chi connectivity index (χ4v) is 1.31. The Balaban J connectivity index is 2.83. The van der Waals surface area contributed by atoms with Gasteiger partial charge in [-0.1, -0.05) is 12.2 Å². The van der Waals surface area contributed by atoms with Gasteiger partial charge >= 0.3 is 5.97 Å². The zero-order chi connectivity index (χ0) is 11.5. The molecule has 15 heavy (non-hydrogen) atoms. The van der Waals surface area contributed by atoms with Crippen LogP contribution in [0.15, 0.2) is 35.5 Å². The molecule has 0 radical (unpaired) electrons. The Kier molecular flexibility index (Phi) is 3.44. The Morgan fingerprint density at radius 1 is 1.67 bits per heavy atom. The molecule has 1 unspecified atom stereocenters. The van der Waals surface area contributed by atoms with Crippen molar-refractivity contribution < 1.29 is 19.7 Å². The average molecular weight is 210 g/mol. The summed E-state index contributed by atoms with van der Waals surface area (Å²) >= 11 is 0. The normalized spacial score (nSPS) is 26.3. The van der Waals surface area contributed by atoms with E-state index in [9.17, 15) is 9.90 Å². The maximum Gasteiger partial charge on any atom is 0.331 e. The number of aliphatic carboxylic acids is 1. The summed E-state index contributed by atoms with van der Waals surface area (Å²) in [6, 6.07) is 0. The van der Waals surface area contributed by atoms with Gasteiger partial charge in [0.1, 0.15) is 0 Å². The third-order valence-corrected chi connectivity index (χ3v) is 2.22. The van der Waals surface area contributed by atoms with Gasteiger partial charge in [-0.2, -0.15) is 0 Å². The molecule has 1 aliphatic rings. The lowest BCUT2D eigenvalue weighted by atomic mass is 9.98. The Hall–Kier alpha value is -1.39. The van der Waals surface area contributed by atoms with Crippen LogP contribution < -0.4 is 0 Å². The number of ether oxygens (including phenoxy) is 1. The van der Waals surface area contributed by atoms with Crippen LogP contribution in [-0.4, -0.2) is 29.1 Å². The number of hydrogen-bond acceptors (Lipinski definition) is 3. The van der Waals surface area contributed by atoms with Gasteiger partial charge in [0.15, 0.2) is 5.79 Å².